The molecule has 0 atom stereocenters. The molecule has 0 aromatic heterocycles. The average Bonchev–Trinajstić information content (AvgIpc) is 2.42. The molecule has 0 bridgehead atoms. The van der Waals surface area contributed by atoms with Gasteiger partial charge in [-0.1, -0.05) is 31.2 Å². The minimum Gasteiger partial charge on any atom is -0.389 e. The van der Waals surface area contributed by atoms with Crippen LogP contribution in [0.5, 0.6) is 0 Å². The summed E-state index contributed by atoms with van der Waals surface area (Å²) < 4.78 is 0. The van der Waals surface area contributed by atoms with E-state index in [-0.39, 0.29) is 0 Å². The van der Waals surface area contributed by atoms with Gasteiger partial charge in [-0.05, 0) is 17.5 Å². The Bertz CT molecular complexity index is 266. The summed E-state index contributed by atoms with van der Waals surface area (Å²) in [5.41, 5.74) is 2.00. The summed E-state index contributed by atoms with van der Waals surface area (Å²) >= 11 is 0. The van der Waals surface area contributed by atoms with Gasteiger partial charge in [-0.15, -0.1) is 0 Å². The quantitative estimate of drug-likeness (QED) is 0.665. The molecule has 63 valence electrons. The average molecular weight is 161 g/mol. The van der Waals surface area contributed by atoms with Crippen LogP contribution in [0.15, 0.2) is 24.3 Å². The van der Waals surface area contributed by atoms with Crippen molar-refractivity contribution in [2.45, 2.75) is 24.9 Å². The van der Waals surface area contributed by atoms with Gasteiger partial charge in [0.05, 0.1) is 5.60 Å². The largest absolute Gasteiger partial charge is 0.389 e. The van der Waals surface area contributed by atoms with Crippen molar-refractivity contribution in [3.8, 4) is 0 Å². The van der Waals surface area contributed by atoms with E-state index in [0.29, 0.717) is 6.42 Å². The van der Waals surface area contributed by atoms with Gasteiger partial charge in [0.1, 0.15) is 0 Å². The zero-order valence-corrected chi connectivity index (χ0v) is 7.09. The highest BCUT2D eigenvalue weighted by atomic mass is 16.3. The maximum atomic E-state index is 9.96. The van der Waals surface area contributed by atoms with Gasteiger partial charge in [0.2, 0.25) is 0 Å². The Labute approximate surface area is 73.0 Å². The molecule has 0 amide bonds. The highest BCUT2D eigenvalue weighted by Gasteiger charge is 2.32. The van der Waals surface area contributed by atoms with E-state index >= 15 is 0 Å². The third kappa shape index (κ3) is 1.14. The molecule has 0 saturated carbocycles. The first kappa shape index (κ1) is 7.81. The Morgan fingerprint density at radius 2 is 1.75 bits per heavy atom. The molecule has 1 aliphatic carbocycles. The Morgan fingerprint density at radius 1 is 1.25 bits per heavy atom. The molecule has 1 nitrogen and oxygen atoms in total. The Morgan fingerprint density at radius 3 is 2.17 bits per heavy atom. The lowest BCUT2D eigenvalue weighted by Crippen LogP contribution is -2.27. The Balaban J connectivity index is 2.33. The SMILES string of the molecule is [CH2]CC1(O)Cc2ccccc2C1. The number of hydrogen-bond acceptors (Lipinski definition) is 1. The Hall–Kier alpha value is -0.820. The molecule has 0 unspecified atom stereocenters. The topological polar surface area (TPSA) is 20.2 Å². The van der Waals surface area contributed by atoms with Gasteiger partial charge in [0.15, 0.2) is 0 Å². The van der Waals surface area contributed by atoms with Crippen molar-refractivity contribution in [3.05, 3.63) is 42.3 Å². The smallest absolute Gasteiger partial charge is 0.0728 e. The second kappa shape index (κ2) is 2.60. The van der Waals surface area contributed by atoms with Crippen LogP contribution in [0.2, 0.25) is 0 Å². The van der Waals surface area contributed by atoms with Gasteiger partial charge in [-0.2, -0.15) is 0 Å². The van der Waals surface area contributed by atoms with Gasteiger partial charge in [0.25, 0.3) is 0 Å². The highest BCUT2D eigenvalue weighted by molar-refractivity contribution is 5.35. The normalized spacial score (nSPS) is 19.2. The third-order valence-corrected chi connectivity index (χ3v) is 2.62. The van der Waals surface area contributed by atoms with Gasteiger partial charge in [0, 0.05) is 12.8 Å². The summed E-state index contributed by atoms with van der Waals surface area (Å²) in [6, 6.07) is 8.22. The van der Waals surface area contributed by atoms with Crippen LogP contribution in [0.4, 0.5) is 0 Å². The second-order valence-electron chi connectivity index (χ2n) is 3.60. The first-order chi connectivity index (χ1) is 5.73. The lowest BCUT2D eigenvalue weighted by atomic mass is 9.98. The first-order valence-electron chi connectivity index (χ1n) is 4.32. The van der Waals surface area contributed by atoms with Crippen molar-refractivity contribution in [1.29, 1.82) is 0 Å². The molecule has 0 saturated heterocycles. The summed E-state index contributed by atoms with van der Waals surface area (Å²) in [6.45, 7) is 3.77. The fourth-order valence-electron chi connectivity index (χ4n) is 1.85. The molecule has 1 radical (unpaired) electrons. The van der Waals surface area contributed by atoms with Crippen LogP contribution in [0.25, 0.3) is 0 Å². The van der Waals surface area contributed by atoms with Crippen molar-refractivity contribution in [2.24, 2.45) is 0 Å². The predicted octanol–water partition coefficient (Wildman–Crippen LogP) is 1.74. The molecule has 12 heavy (non-hydrogen) atoms. The van der Waals surface area contributed by atoms with Gasteiger partial charge in [-0.25, -0.2) is 0 Å². The third-order valence-electron chi connectivity index (χ3n) is 2.62. The van der Waals surface area contributed by atoms with E-state index in [4.69, 9.17) is 0 Å². The minimum atomic E-state index is -0.566. The summed E-state index contributed by atoms with van der Waals surface area (Å²) in [6.07, 6.45) is 2.14. The molecular weight excluding hydrogens is 148 g/mol. The summed E-state index contributed by atoms with van der Waals surface area (Å²) in [7, 11) is 0. The van der Waals surface area contributed by atoms with Crippen LogP contribution in [0, 0.1) is 6.92 Å². The van der Waals surface area contributed by atoms with Crippen LogP contribution in [0.1, 0.15) is 17.5 Å². The molecule has 0 fully saturated rings. The van der Waals surface area contributed by atoms with Crippen molar-refractivity contribution in [2.75, 3.05) is 0 Å². The molecule has 0 heterocycles. The molecule has 2 rings (SSSR count). The van der Waals surface area contributed by atoms with E-state index in [0.717, 1.165) is 12.8 Å². The predicted molar refractivity (Wildman–Crippen MR) is 48.8 cm³/mol. The second-order valence-corrected chi connectivity index (χ2v) is 3.60. The number of benzene rings is 1. The van der Waals surface area contributed by atoms with Crippen molar-refractivity contribution in [3.63, 3.8) is 0 Å². The van der Waals surface area contributed by atoms with Crippen molar-refractivity contribution < 1.29 is 5.11 Å². The summed E-state index contributed by atoms with van der Waals surface area (Å²) in [5, 5.41) is 9.96. The number of fused-ring (bicyclic) bond motifs is 1. The van der Waals surface area contributed by atoms with Crippen LogP contribution < -0.4 is 0 Å². The fraction of sp³-hybridized carbons (Fsp3) is 0.364. The number of hydrogen-bond donors (Lipinski definition) is 1. The number of aliphatic hydroxyl groups is 1. The van der Waals surface area contributed by atoms with Gasteiger partial charge < -0.3 is 5.11 Å². The van der Waals surface area contributed by atoms with Crippen molar-refractivity contribution >= 4 is 0 Å². The lowest BCUT2D eigenvalue weighted by Gasteiger charge is -2.18. The molecule has 1 aromatic carbocycles. The zero-order chi connectivity index (χ0) is 8.60. The summed E-state index contributed by atoms with van der Waals surface area (Å²) in [5.74, 6) is 0. The van der Waals surface area contributed by atoms with Crippen LogP contribution in [-0.4, -0.2) is 10.7 Å². The minimum absolute atomic E-state index is 0.566. The molecular formula is C11H13O. The number of rotatable bonds is 1. The molecule has 1 aromatic rings. The van der Waals surface area contributed by atoms with Crippen LogP contribution in [-0.2, 0) is 12.8 Å². The maximum Gasteiger partial charge on any atom is 0.0728 e. The molecule has 1 heteroatoms. The van der Waals surface area contributed by atoms with E-state index in [1.165, 1.54) is 11.1 Å². The maximum absolute atomic E-state index is 9.96. The van der Waals surface area contributed by atoms with E-state index in [1.54, 1.807) is 0 Å². The summed E-state index contributed by atoms with van der Waals surface area (Å²) in [4.78, 5) is 0. The monoisotopic (exact) mass is 161 g/mol. The molecule has 1 aliphatic rings. The standard InChI is InChI=1S/C11H13O/c1-2-11(12)7-9-5-3-4-6-10(9)8-11/h3-6,12H,1-2,7-8H2. The zero-order valence-electron chi connectivity index (χ0n) is 7.09. The molecule has 1 N–H and O–H groups in total. The van der Waals surface area contributed by atoms with Gasteiger partial charge >= 0.3 is 0 Å². The Kier molecular flexibility index (Phi) is 1.69. The first-order valence-corrected chi connectivity index (χ1v) is 4.32. The van der Waals surface area contributed by atoms with E-state index in [1.807, 2.05) is 12.1 Å². The molecule has 0 aliphatic heterocycles. The van der Waals surface area contributed by atoms with E-state index < -0.39 is 5.60 Å². The van der Waals surface area contributed by atoms with Crippen molar-refractivity contribution in [1.82, 2.24) is 0 Å². The lowest BCUT2D eigenvalue weighted by molar-refractivity contribution is 0.0539. The van der Waals surface area contributed by atoms with Crippen LogP contribution >= 0.6 is 0 Å². The molecule has 0 spiro atoms. The highest BCUT2D eigenvalue weighted by Crippen LogP contribution is 2.31. The van der Waals surface area contributed by atoms with Gasteiger partial charge in [-0.3, -0.25) is 0 Å². The fourth-order valence-corrected chi connectivity index (χ4v) is 1.85. The van der Waals surface area contributed by atoms with E-state index in [9.17, 15) is 5.11 Å². The van der Waals surface area contributed by atoms with Crippen LogP contribution in [0.3, 0.4) is 0 Å². The van der Waals surface area contributed by atoms with E-state index in [2.05, 4.69) is 19.1 Å².